The largest absolute Gasteiger partial charge is 0.490 e. The van der Waals surface area contributed by atoms with Crippen LogP contribution in [0.4, 0.5) is 5.69 Å². The highest BCUT2D eigenvalue weighted by Gasteiger charge is 2.20. The molecule has 0 saturated carbocycles. The Labute approximate surface area is 189 Å². The quantitative estimate of drug-likeness (QED) is 0.392. The Morgan fingerprint density at radius 3 is 2.41 bits per heavy atom. The number of hydrogen-bond donors (Lipinski definition) is 1. The number of piperazine rings is 1. The van der Waals surface area contributed by atoms with Gasteiger partial charge in [-0.15, -0.1) is 24.0 Å². The molecule has 0 radical (unpaired) electrons. The third kappa shape index (κ3) is 5.46. The molecule has 0 bridgehead atoms. The van der Waals surface area contributed by atoms with Gasteiger partial charge in [0.1, 0.15) is 0 Å². The molecule has 0 spiro atoms. The van der Waals surface area contributed by atoms with Crippen LogP contribution in [0.5, 0.6) is 11.5 Å². The maximum Gasteiger partial charge on any atom is 0.194 e. The summed E-state index contributed by atoms with van der Waals surface area (Å²) in [5, 5.41) is 3.49. The first-order chi connectivity index (χ1) is 13.8. The van der Waals surface area contributed by atoms with Crippen LogP contribution in [0.1, 0.15) is 12.0 Å². The van der Waals surface area contributed by atoms with E-state index in [1.54, 1.807) is 0 Å². The van der Waals surface area contributed by atoms with E-state index in [4.69, 9.17) is 9.47 Å². The van der Waals surface area contributed by atoms with Gasteiger partial charge in [0.2, 0.25) is 0 Å². The van der Waals surface area contributed by atoms with Crippen LogP contribution in [0, 0.1) is 0 Å². The van der Waals surface area contributed by atoms with Crippen molar-refractivity contribution < 1.29 is 9.47 Å². The number of nitrogens with one attached hydrogen (secondary N) is 1. The summed E-state index contributed by atoms with van der Waals surface area (Å²) in [4.78, 5) is 9.23. The molecule has 29 heavy (non-hydrogen) atoms. The predicted molar refractivity (Wildman–Crippen MR) is 128 cm³/mol. The fourth-order valence-corrected chi connectivity index (χ4v) is 3.65. The number of benzene rings is 2. The molecule has 0 atom stereocenters. The summed E-state index contributed by atoms with van der Waals surface area (Å²) in [6.07, 6.45) is 0.920. The van der Waals surface area contributed by atoms with Gasteiger partial charge in [0.25, 0.3) is 0 Å². The van der Waals surface area contributed by atoms with Crippen LogP contribution in [0.15, 0.2) is 53.5 Å². The summed E-state index contributed by atoms with van der Waals surface area (Å²) in [5.74, 6) is 2.62. The van der Waals surface area contributed by atoms with Gasteiger partial charge in [-0.3, -0.25) is 4.99 Å². The highest BCUT2D eigenvalue weighted by atomic mass is 127. The molecule has 2 aromatic rings. The van der Waals surface area contributed by atoms with Crippen molar-refractivity contribution in [2.45, 2.75) is 13.0 Å². The lowest BCUT2D eigenvalue weighted by molar-refractivity contribution is 0.297. The van der Waals surface area contributed by atoms with E-state index in [0.717, 1.165) is 55.6 Å². The standard InChI is InChI=1S/C22H28N4O2.HI/c1-23-22(26-12-10-25(11-13-26)19-6-3-2-4-7-19)24-17-18-8-9-20-21(16-18)28-15-5-14-27-20;/h2-4,6-9,16H,5,10-15,17H2,1H3,(H,23,24);1H. The van der Waals surface area contributed by atoms with Crippen molar-refractivity contribution in [2.75, 3.05) is 51.3 Å². The van der Waals surface area contributed by atoms with Gasteiger partial charge in [0.05, 0.1) is 13.2 Å². The number of anilines is 1. The number of guanidine groups is 1. The molecule has 156 valence electrons. The number of para-hydroxylation sites is 1. The highest BCUT2D eigenvalue weighted by Crippen LogP contribution is 2.30. The Kier molecular flexibility index (Phi) is 7.85. The van der Waals surface area contributed by atoms with Crippen molar-refractivity contribution in [3.63, 3.8) is 0 Å². The van der Waals surface area contributed by atoms with Crippen LogP contribution in [0.3, 0.4) is 0 Å². The van der Waals surface area contributed by atoms with Gasteiger partial charge >= 0.3 is 0 Å². The molecule has 1 saturated heterocycles. The Hall–Kier alpha value is -2.16. The van der Waals surface area contributed by atoms with E-state index in [9.17, 15) is 0 Å². The lowest BCUT2D eigenvalue weighted by Gasteiger charge is -2.37. The van der Waals surface area contributed by atoms with E-state index in [2.05, 4.69) is 62.6 Å². The zero-order valence-electron chi connectivity index (χ0n) is 16.8. The van der Waals surface area contributed by atoms with Gasteiger partial charge in [-0.05, 0) is 29.8 Å². The summed E-state index contributed by atoms with van der Waals surface area (Å²) >= 11 is 0. The Balaban J connectivity index is 0.00000240. The summed E-state index contributed by atoms with van der Waals surface area (Å²) in [6.45, 7) is 6.03. The highest BCUT2D eigenvalue weighted by molar-refractivity contribution is 14.0. The lowest BCUT2D eigenvalue weighted by atomic mass is 10.2. The van der Waals surface area contributed by atoms with Crippen LogP contribution < -0.4 is 19.7 Å². The van der Waals surface area contributed by atoms with E-state index >= 15 is 0 Å². The Morgan fingerprint density at radius 1 is 0.966 bits per heavy atom. The number of rotatable bonds is 3. The van der Waals surface area contributed by atoms with Gasteiger partial charge in [0.15, 0.2) is 17.5 Å². The fourth-order valence-electron chi connectivity index (χ4n) is 3.65. The monoisotopic (exact) mass is 508 g/mol. The third-order valence-electron chi connectivity index (χ3n) is 5.17. The molecule has 4 rings (SSSR count). The maximum atomic E-state index is 5.79. The van der Waals surface area contributed by atoms with Crippen LogP contribution in [-0.2, 0) is 6.54 Å². The molecule has 7 heteroatoms. The molecular formula is C22H29IN4O2. The zero-order valence-corrected chi connectivity index (χ0v) is 19.2. The minimum Gasteiger partial charge on any atom is -0.490 e. The van der Waals surface area contributed by atoms with Gasteiger partial charge in [-0.2, -0.15) is 0 Å². The summed E-state index contributed by atoms with van der Waals surface area (Å²) in [5.41, 5.74) is 2.45. The summed E-state index contributed by atoms with van der Waals surface area (Å²) in [7, 11) is 1.85. The topological polar surface area (TPSA) is 49.3 Å². The van der Waals surface area contributed by atoms with Crippen molar-refractivity contribution in [3.8, 4) is 11.5 Å². The van der Waals surface area contributed by atoms with Crippen LogP contribution in [-0.4, -0.2) is 57.3 Å². The van der Waals surface area contributed by atoms with Gasteiger partial charge in [0, 0.05) is 51.9 Å². The summed E-state index contributed by atoms with van der Waals surface area (Å²) < 4.78 is 11.5. The van der Waals surface area contributed by atoms with Crippen LogP contribution in [0.25, 0.3) is 0 Å². The van der Waals surface area contributed by atoms with Crippen molar-refractivity contribution in [3.05, 3.63) is 54.1 Å². The molecule has 1 N–H and O–H groups in total. The summed E-state index contributed by atoms with van der Waals surface area (Å²) in [6, 6.07) is 16.7. The molecule has 2 aliphatic rings. The third-order valence-corrected chi connectivity index (χ3v) is 5.17. The molecule has 6 nitrogen and oxygen atoms in total. The second kappa shape index (κ2) is 10.6. The SMILES string of the molecule is CN=C(NCc1ccc2c(c1)OCCCO2)N1CCN(c2ccccc2)CC1.I. The van der Waals surface area contributed by atoms with E-state index < -0.39 is 0 Å². The normalized spacial score (nSPS) is 16.7. The first-order valence-corrected chi connectivity index (χ1v) is 9.97. The first kappa shape index (κ1) is 21.5. The van der Waals surface area contributed by atoms with Crippen molar-refractivity contribution in [1.82, 2.24) is 10.2 Å². The molecular weight excluding hydrogens is 479 g/mol. The predicted octanol–water partition coefficient (Wildman–Crippen LogP) is 3.36. The van der Waals surface area contributed by atoms with E-state index in [1.807, 2.05) is 13.1 Å². The second-order valence-corrected chi connectivity index (χ2v) is 7.04. The fraction of sp³-hybridized carbons (Fsp3) is 0.409. The minimum atomic E-state index is 0. The number of hydrogen-bond acceptors (Lipinski definition) is 4. The number of halogens is 1. The molecule has 2 aromatic carbocycles. The number of aliphatic imine (C=N–C) groups is 1. The van der Waals surface area contributed by atoms with Crippen molar-refractivity contribution in [1.29, 1.82) is 0 Å². The molecule has 0 unspecified atom stereocenters. The lowest BCUT2D eigenvalue weighted by Crippen LogP contribution is -2.52. The van der Waals surface area contributed by atoms with Crippen molar-refractivity contribution >= 4 is 35.6 Å². The molecule has 0 amide bonds. The van der Waals surface area contributed by atoms with Gasteiger partial charge in [-0.25, -0.2) is 0 Å². The van der Waals surface area contributed by atoms with E-state index in [-0.39, 0.29) is 24.0 Å². The smallest absolute Gasteiger partial charge is 0.194 e. The average molecular weight is 508 g/mol. The maximum absolute atomic E-state index is 5.79. The Morgan fingerprint density at radius 2 is 1.69 bits per heavy atom. The van der Waals surface area contributed by atoms with Gasteiger partial charge < -0.3 is 24.6 Å². The average Bonchev–Trinajstić information content (AvgIpc) is 3.00. The molecule has 0 aliphatic carbocycles. The Bertz CT molecular complexity index is 808. The second-order valence-electron chi connectivity index (χ2n) is 7.04. The molecule has 2 heterocycles. The van der Waals surface area contributed by atoms with Gasteiger partial charge in [-0.1, -0.05) is 24.3 Å². The van der Waals surface area contributed by atoms with E-state index in [1.165, 1.54) is 5.69 Å². The first-order valence-electron chi connectivity index (χ1n) is 9.97. The molecule has 0 aromatic heterocycles. The molecule has 1 fully saturated rings. The van der Waals surface area contributed by atoms with Crippen LogP contribution in [0.2, 0.25) is 0 Å². The number of fused-ring (bicyclic) bond motifs is 1. The van der Waals surface area contributed by atoms with E-state index in [0.29, 0.717) is 19.8 Å². The van der Waals surface area contributed by atoms with Crippen molar-refractivity contribution in [2.24, 2.45) is 4.99 Å². The minimum absolute atomic E-state index is 0. The molecule has 2 aliphatic heterocycles. The number of ether oxygens (including phenoxy) is 2. The zero-order chi connectivity index (χ0) is 19.2. The number of nitrogens with zero attached hydrogens (tertiary/aromatic N) is 3. The van der Waals surface area contributed by atoms with Crippen LogP contribution >= 0.6 is 24.0 Å².